The Hall–Kier alpha value is -2.94. The number of nitriles is 1. The summed E-state index contributed by atoms with van der Waals surface area (Å²) < 4.78 is 14.0. The van der Waals surface area contributed by atoms with Gasteiger partial charge in [-0.2, -0.15) is 5.26 Å². The Balaban J connectivity index is 2.79. The number of rotatable bonds is 3. The van der Waals surface area contributed by atoms with Gasteiger partial charge in [0.2, 0.25) is 5.88 Å². The summed E-state index contributed by atoms with van der Waals surface area (Å²) in [5.41, 5.74) is -0.694. The van der Waals surface area contributed by atoms with Crippen LogP contribution in [0.3, 0.4) is 0 Å². The summed E-state index contributed by atoms with van der Waals surface area (Å²) in [6.07, 6.45) is 0. The van der Waals surface area contributed by atoms with Crippen molar-refractivity contribution in [2.24, 2.45) is 0 Å². The SMILES string of the molecule is Cc1c(C(=O)c2ccc(F)cc2)c(O)n(C(C)C)c(=O)c1C#N. The van der Waals surface area contributed by atoms with Gasteiger partial charge >= 0.3 is 0 Å². The number of carbonyl (C=O) groups is 1. The second-order valence-corrected chi connectivity index (χ2v) is 5.42. The third-order valence-corrected chi connectivity index (χ3v) is 3.60. The van der Waals surface area contributed by atoms with Crippen molar-refractivity contribution >= 4 is 5.78 Å². The van der Waals surface area contributed by atoms with Gasteiger partial charge in [-0.1, -0.05) is 0 Å². The van der Waals surface area contributed by atoms with Crippen molar-refractivity contribution in [2.45, 2.75) is 26.8 Å². The minimum absolute atomic E-state index is 0.112. The lowest BCUT2D eigenvalue weighted by molar-refractivity contribution is 0.103. The fourth-order valence-electron chi connectivity index (χ4n) is 2.42. The van der Waals surface area contributed by atoms with E-state index in [-0.39, 0.29) is 22.3 Å². The quantitative estimate of drug-likeness (QED) is 0.883. The van der Waals surface area contributed by atoms with Gasteiger partial charge in [0.15, 0.2) is 5.78 Å². The number of nitrogens with zero attached hydrogens (tertiary/aromatic N) is 2. The van der Waals surface area contributed by atoms with Crippen molar-refractivity contribution < 1.29 is 14.3 Å². The maximum atomic E-state index is 13.0. The number of ketones is 1. The topological polar surface area (TPSA) is 83.1 Å². The lowest BCUT2D eigenvalue weighted by Crippen LogP contribution is -2.28. The van der Waals surface area contributed by atoms with Gasteiger partial charge in [0.05, 0.1) is 5.56 Å². The zero-order chi connectivity index (χ0) is 17.3. The van der Waals surface area contributed by atoms with Crippen LogP contribution in [-0.4, -0.2) is 15.5 Å². The zero-order valence-electron chi connectivity index (χ0n) is 12.9. The van der Waals surface area contributed by atoms with Crippen molar-refractivity contribution in [1.82, 2.24) is 4.57 Å². The summed E-state index contributed by atoms with van der Waals surface area (Å²) in [5.74, 6) is -1.56. The van der Waals surface area contributed by atoms with E-state index in [1.165, 1.54) is 19.1 Å². The molecule has 2 rings (SSSR count). The molecule has 0 fully saturated rings. The molecule has 23 heavy (non-hydrogen) atoms. The summed E-state index contributed by atoms with van der Waals surface area (Å²) in [5, 5.41) is 19.6. The van der Waals surface area contributed by atoms with Crippen LogP contribution in [0, 0.1) is 24.1 Å². The predicted molar refractivity (Wildman–Crippen MR) is 82.0 cm³/mol. The van der Waals surface area contributed by atoms with Crippen molar-refractivity contribution in [3.8, 4) is 11.9 Å². The highest BCUT2D eigenvalue weighted by molar-refractivity contribution is 6.11. The molecule has 2 aromatic rings. The number of hydrogen-bond donors (Lipinski definition) is 1. The molecule has 0 bridgehead atoms. The number of hydrogen-bond acceptors (Lipinski definition) is 4. The molecule has 0 aliphatic carbocycles. The molecule has 0 saturated carbocycles. The maximum absolute atomic E-state index is 13.0. The van der Waals surface area contributed by atoms with E-state index in [9.17, 15) is 24.3 Å². The highest BCUT2D eigenvalue weighted by Crippen LogP contribution is 2.27. The van der Waals surface area contributed by atoms with Crippen molar-refractivity contribution in [3.63, 3.8) is 0 Å². The maximum Gasteiger partial charge on any atom is 0.271 e. The minimum Gasteiger partial charge on any atom is -0.494 e. The second-order valence-electron chi connectivity index (χ2n) is 5.42. The molecule has 118 valence electrons. The molecule has 0 atom stereocenters. The Morgan fingerprint density at radius 1 is 1.30 bits per heavy atom. The number of benzene rings is 1. The monoisotopic (exact) mass is 314 g/mol. The van der Waals surface area contributed by atoms with Crippen LogP contribution in [-0.2, 0) is 0 Å². The number of carbonyl (C=O) groups excluding carboxylic acids is 1. The van der Waals surface area contributed by atoms with Crippen LogP contribution >= 0.6 is 0 Å². The van der Waals surface area contributed by atoms with Crippen LogP contribution in [0.1, 0.15) is 46.9 Å². The molecular formula is C17H15FN2O3. The average Bonchev–Trinajstić information content (AvgIpc) is 2.47. The van der Waals surface area contributed by atoms with Gasteiger partial charge in [-0.25, -0.2) is 4.39 Å². The van der Waals surface area contributed by atoms with E-state index in [4.69, 9.17) is 0 Å². The summed E-state index contributed by atoms with van der Waals surface area (Å²) in [6.45, 7) is 4.74. The molecular weight excluding hydrogens is 299 g/mol. The van der Waals surface area contributed by atoms with Crippen LogP contribution in [0.5, 0.6) is 5.88 Å². The lowest BCUT2D eigenvalue weighted by atomic mass is 9.97. The number of aromatic hydroxyl groups is 1. The summed E-state index contributed by atoms with van der Waals surface area (Å²) in [6, 6.07) is 6.18. The van der Waals surface area contributed by atoms with Gasteiger partial charge in [0.25, 0.3) is 5.56 Å². The van der Waals surface area contributed by atoms with Gasteiger partial charge in [-0.05, 0) is 50.6 Å². The molecule has 5 nitrogen and oxygen atoms in total. The Kier molecular flexibility index (Phi) is 4.32. The van der Waals surface area contributed by atoms with E-state index in [0.29, 0.717) is 0 Å². The Morgan fingerprint density at radius 3 is 2.35 bits per heavy atom. The van der Waals surface area contributed by atoms with Gasteiger partial charge in [-0.15, -0.1) is 0 Å². The summed E-state index contributed by atoms with van der Waals surface area (Å²) in [4.78, 5) is 24.9. The molecule has 1 aromatic heterocycles. The first-order valence-corrected chi connectivity index (χ1v) is 6.98. The fourth-order valence-corrected chi connectivity index (χ4v) is 2.42. The Morgan fingerprint density at radius 2 is 1.87 bits per heavy atom. The van der Waals surface area contributed by atoms with E-state index >= 15 is 0 Å². The van der Waals surface area contributed by atoms with Crippen LogP contribution in [0.2, 0.25) is 0 Å². The van der Waals surface area contributed by atoms with E-state index in [2.05, 4.69) is 0 Å². The molecule has 0 radical (unpaired) electrons. The first kappa shape index (κ1) is 16.4. The molecule has 1 N–H and O–H groups in total. The highest BCUT2D eigenvalue weighted by Gasteiger charge is 2.25. The zero-order valence-corrected chi connectivity index (χ0v) is 12.9. The van der Waals surface area contributed by atoms with E-state index in [1.54, 1.807) is 19.9 Å². The number of halogens is 1. The molecule has 1 aromatic carbocycles. The second kappa shape index (κ2) is 6.05. The molecule has 0 amide bonds. The van der Waals surface area contributed by atoms with Crippen LogP contribution in [0.15, 0.2) is 29.1 Å². The third-order valence-electron chi connectivity index (χ3n) is 3.60. The van der Waals surface area contributed by atoms with Crippen molar-refractivity contribution in [3.05, 3.63) is 62.7 Å². The number of pyridine rings is 1. The van der Waals surface area contributed by atoms with Crippen LogP contribution < -0.4 is 5.56 Å². The number of aromatic nitrogens is 1. The van der Waals surface area contributed by atoms with E-state index in [0.717, 1.165) is 16.7 Å². The van der Waals surface area contributed by atoms with Gasteiger partial charge in [0.1, 0.15) is 17.4 Å². The van der Waals surface area contributed by atoms with Crippen molar-refractivity contribution in [2.75, 3.05) is 0 Å². The average molecular weight is 314 g/mol. The molecule has 0 aliphatic rings. The smallest absolute Gasteiger partial charge is 0.271 e. The lowest BCUT2D eigenvalue weighted by Gasteiger charge is -2.18. The molecule has 0 unspecified atom stereocenters. The molecule has 1 heterocycles. The van der Waals surface area contributed by atoms with Gasteiger partial charge < -0.3 is 5.11 Å². The summed E-state index contributed by atoms with van der Waals surface area (Å²) >= 11 is 0. The van der Waals surface area contributed by atoms with Gasteiger partial charge in [0, 0.05) is 11.6 Å². The standard InChI is InChI=1S/C17H15FN2O3/c1-9(2)20-16(22)13(8-19)10(3)14(17(20)23)15(21)11-4-6-12(18)7-5-11/h4-7,9,23H,1-3H3. The van der Waals surface area contributed by atoms with E-state index < -0.39 is 29.1 Å². The minimum atomic E-state index is -0.645. The van der Waals surface area contributed by atoms with Gasteiger partial charge in [-0.3, -0.25) is 14.2 Å². The molecule has 0 spiro atoms. The third kappa shape index (κ3) is 2.73. The molecule has 6 heteroatoms. The largest absolute Gasteiger partial charge is 0.494 e. The first-order valence-electron chi connectivity index (χ1n) is 6.98. The molecule has 0 saturated heterocycles. The Labute approximate surface area is 132 Å². The highest BCUT2D eigenvalue weighted by atomic mass is 19.1. The van der Waals surface area contributed by atoms with Crippen LogP contribution in [0.25, 0.3) is 0 Å². The normalized spacial score (nSPS) is 10.6. The van der Waals surface area contributed by atoms with E-state index in [1.807, 2.05) is 0 Å². The van der Waals surface area contributed by atoms with Crippen LogP contribution in [0.4, 0.5) is 4.39 Å². The fraction of sp³-hybridized carbons (Fsp3) is 0.235. The first-order chi connectivity index (χ1) is 10.8. The summed E-state index contributed by atoms with van der Waals surface area (Å²) in [7, 11) is 0. The Bertz CT molecular complexity index is 875. The molecule has 0 aliphatic heterocycles. The van der Waals surface area contributed by atoms with Crippen molar-refractivity contribution in [1.29, 1.82) is 5.26 Å². The predicted octanol–water partition coefficient (Wildman–Crippen LogP) is 2.69.